The summed E-state index contributed by atoms with van der Waals surface area (Å²) in [5.41, 5.74) is 1.29. The summed E-state index contributed by atoms with van der Waals surface area (Å²) in [6.45, 7) is 2.75. The largest absolute Gasteiger partial charge is 0.316 e. The smallest absolute Gasteiger partial charge is 0.0398 e. The van der Waals surface area contributed by atoms with Crippen LogP contribution < -0.4 is 5.32 Å². The Morgan fingerprint density at radius 2 is 2.17 bits per heavy atom. The lowest BCUT2D eigenvalue weighted by molar-refractivity contribution is 0.917. The lowest BCUT2D eigenvalue weighted by Gasteiger charge is -2.01. The quantitative estimate of drug-likeness (QED) is 0.517. The van der Waals surface area contributed by atoms with Crippen LogP contribution in [0.25, 0.3) is 0 Å². The Morgan fingerprint density at radius 3 is 2.58 bits per heavy atom. The van der Waals surface area contributed by atoms with Crippen LogP contribution in [0.1, 0.15) is 19.8 Å². The lowest BCUT2D eigenvalue weighted by atomic mass is 10.1. The van der Waals surface area contributed by atoms with Crippen molar-refractivity contribution in [3.05, 3.63) is 11.6 Å². The van der Waals surface area contributed by atoms with Crippen molar-refractivity contribution in [2.45, 2.75) is 19.8 Å². The van der Waals surface area contributed by atoms with E-state index in [1.54, 1.807) is 0 Å². The van der Waals surface area contributed by atoms with Gasteiger partial charge >= 0.3 is 0 Å². The number of allylic oxidation sites excluding steroid dienone is 1. The fraction of sp³-hybridized carbons (Fsp3) is 0.556. The molecule has 0 saturated heterocycles. The van der Waals surface area contributed by atoms with Crippen LogP contribution in [0.15, 0.2) is 11.6 Å². The molecular formula is C9H17N3. The van der Waals surface area contributed by atoms with Crippen LogP contribution in [0.2, 0.25) is 0 Å². The van der Waals surface area contributed by atoms with Gasteiger partial charge < -0.3 is 16.1 Å². The van der Waals surface area contributed by atoms with Gasteiger partial charge in [-0.15, -0.1) is 0 Å². The highest BCUT2D eigenvalue weighted by atomic mass is 14.8. The van der Waals surface area contributed by atoms with Crippen molar-refractivity contribution < 1.29 is 0 Å². The molecule has 3 nitrogen and oxygen atoms in total. The van der Waals surface area contributed by atoms with Crippen molar-refractivity contribution >= 4 is 11.9 Å². The predicted octanol–water partition coefficient (Wildman–Crippen LogP) is 1.60. The molecule has 68 valence electrons. The topological polar surface area (TPSA) is 59.7 Å². The Morgan fingerprint density at radius 1 is 1.50 bits per heavy atom. The summed E-state index contributed by atoms with van der Waals surface area (Å²) in [5, 5.41) is 17.6. The van der Waals surface area contributed by atoms with Crippen LogP contribution in [0.4, 0.5) is 0 Å². The summed E-state index contributed by atoms with van der Waals surface area (Å²) >= 11 is 0. The molecule has 0 aromatic carbocycles. The van der Waals surface area contributed by atoms with Crippen LogP contribution in [0.3, 0.4) is 0 Å². The van der Waals surface area contributed by atoms with Gasteiger partial charge in [0, 0.05) is 24.0 Å². The summed E-state index contributed by atoms with van der Waals surface area (Å²) < 4.78 is 0. The molecule has 0 spiro atoms. The first-order chi connectivity index (χ1) is 5.76. The molecule has 0 bridgehead atoms. The second kappa shape index (κ2) is 6.73. The van der Waals surface area contributed by atoms with Crippen molar-refractivity contribution in [1.82, 2.24) is 5.32 Å². The molecule has 3 heteroatoms. The molecule has 0 aliphatic heterocycles. The molecule has 0 atom stereocenters. The van der Waals surface area contributed by atoms with Crippen molar-refractivity contribution in [3.63, 3.8) is 0 Å². The third-order valence-electron chi connectivity index (χ3n) is 1.53. The zero-order chi connectivity index (χ0) is 9.40. The number of hydrogen-bond donors (Lipinski definition) is 3. The first-order valence-electron chi connectivity index (χ1n) is 4.19. The number of rotatable bonds is 6. The zero-order valence-corrected chi connectivity index (χ0v) is 7.78. The average Bonchev–Trinajstić information content (AvgIpc) is 2.06. The van der Waals surface area contributed by atoms with Crippen LogP contribution in [0.5, 0.6) is 0 Å². The Hall–Kier alpha value is -0.960. The van der Waals surface area contributed by atoms with Crippen molar-refractivity contribution in [2.24, 2.45) is 0 Å². The molecule has 0 rings (SSSR count). The molecule has 0 unspecified atom stereocenters. The van der Waals surface area contributed by atoms with Crippen molar-refractivity contribution in [2.75, 3.05) is 13.6 Å². The molecule has 0 aromatic heterocycles. The molecule has 0 fully saturated rings. The minimum atomic E-state index is 0.558. The standard InChI is InChI=1S/C9H17N3/c1-3-4-9(11)8(7-10)5-6-12-2/h5,7,10-12H,3-4,6H2,1-2H3/b8-5+,10-7?,11-9?. The highest BCUT2D eigenvalue weighted by Gasteiger charge is 1.99. The van der Waals surface area contributed by atoms with E-state index in [0.717, 1.165) is 25.0 Å². The monoisotopic (exact) mass is 167 g/mol. The summed E-state index contributed by atoms with van der Waals surface area (Å²) in [7, 11) is 1.85. The van der Waals surface area contributed by atoms with Crippen molar-refractivity contribution in [1.29, 1.82) is 10.8 Å². The first-order valence-corrected chi connectivity index (χ1v) is 4.19. The summed E-state index contributed by atoms with van der Waals surface area (Å²) in [4.78, 5) is 0. The molecule has 3 N–H and O–H groups in total. The molecule has 0 amide bonds. The maximum absolute atomic E-state index is 7.58. The van der Waals surface area contributed by atoms with Gasteiger partial charge in [0.25, 0.3) is 0 Å². The van der Waals surface area contributed by atoms with Gasteiger partial charge in [0.15, 0.2) is 0 Å². The number of likely N-dealkylation sites (N-methyl/N-ethyl adjacent to an activating group) is 1. The van der Waals surface area contributed by atoms with E-state index < -0.39 is 0 Å². The zero-order valence-electron chi connectivity index (χ0n) is 7.78. The minimum absolute atomic E-state index is 0.558. The van der Waals surface area contributed by atoms with E-state index in [-0.39, 0.29) is 0 Å². The van der Waals surface area contributed by atoms with Gasteiger partial charge in [-0.1, -0.05) is 19.4 Å². The fourth-order valence-corrected chi connectivity index (χ4v) is 0.876. The van der Waals surface area contributed by atoms with Crippen molar-refractivity contribution in [3.8, 4) is 0 Å². The lowest BCUT2D eigenvalue weighted by Crippen LogP contribution is -2.09. The maximum atomic E-state index is 7.58. The second-order valence-corrected chi connectivity index (χ2v) is 2.59. The van der Waals surface area contributed by atoms with E-state index in [9.17, 15) is 0 Å². The Bertz CT molecular complexity index is 182. The van der Waals surface area contributed by atoms with E-state index in [4.69, 9.17) is 10.8 Å². The van der Waals surface area contributed by atoms with E-state index in [2.05, 4.69) is 5.32 Å². The fourth-order valence-electron chi connectivity index (χ4n) is 0.876. The maximum Gasteiger partial charge on any atom is 0.0398 e. The highest BCUT2D eigenvalue weighted by molar-refractivity contribution is 6.13. The summed E-state index contributed by atoms with van der Waals surface area (Å²) in [5.74, 6) is 0. The molecule has 0 aliphatic carbocycles. The van der Waals surface area contributed by atoms with Gasteiger partial charge in [-0.3, -0.25) is 0 Å². The molecule has 0 heterocycles. The van der Waals surface area contributed by atoms with Gasteiger partial charge in [0.05, 0.1) is 0 Å². The molecular weight excluding hydrogens is 150 g/mol. The number of nitrogens with one attached hydrogen (secondary N) is 3. The van der Waals surface area contributed by atoms with Gasteiger partial charge in [-0.25, -0.2) is 0 Å². The first kappa shape index (κ1) is 11.0. The van der Waals surface area contributed by atoms with Crippen LogP contribution >= 0.6 is 0 Å². The van der Waals surface area contributed by atoms with E-state index in [0.29, 0.717) is 5.71 Å². The normalized spacial score (nSPS) is 11.3. The Labute approximate surface area is 73.9 Å². The van der Waals surface area contributed by atoms with Gasteiger partial charge in [-0.05, 0) is 13.5 Å². The van der Waals surface area contributed by atoms with E-state index >= 15 is 0 Å². The second-order valence-electron chi connectivity index (χ2n) is 2.59. The Balaban J connectivity index is 4.13. The van der Waals surface area contributed by atoms with Gasteiger partial charge in [-0.2, -0.15) is 0 Å². The van der Waals surface area contributed by atoms with Gasteiger partial charge in [0.2, 0.25) is 0 Å². The van der Waals surface area contributed by atoms with Crippen LogP contribution in [-0.4, -0.2) is 25.5 Å². The SMILES string of the molecule is CCCC(=N)/C(C=N)=C/CNC. The third-order valence-corrected chi connectivity index (χ3v) is 1.53. The van der Waals surface area contributed by atoms with E-state index in [1.807, 2.05) is 20.0 Å². The third kappa shape index (κ3) is 4.03. The molecule has 0 saturated carbocycles. The highest BCUT2D eigenvalue weighted by Crippen LogP contribution is 1.99. The summed E-state index contributed by atoms with van der Waals surface area (Å²) in [6, 6.07) is 0. The number of hydrogen-bond acceptors (Lipinski definition) is 3. The Kier molecular flexibility index (Phi) is 6.19. The minimum Gasteiger partial charge on any atom is -0.316 e. The molecule has 0 aromatic rings. The van der Waals surface area contributed by atoms with Crippen LogP contribution in [0, 0.1) is 10.8 Å². The predicted molar refractivity (Wildman–Crippen MR) is 53.4 cm³/mol. The summed E-state index contributed by atoms with van der Waals surface area (Å²) in [6.07, 6.45) is 4.83. The molecule has 0 radical (unpaired) electrons. The average molecular weight is 167 g/mol. The van der Waals surface area contributed by atoms with E-state index in [1.165, 1.54) is 6.21 Å². The molecule has 0 aliphatic rings. The van der Waals surface area contributed by atoms with Crippen LogP contribution in [-0.2, 0) is 0 Å². The molecule has 12 heavy (non-hydrogen) atoms. The van der Waals surface area contributed by atoms with Gasteiger partial charge in [0.1, 0.15) is 0 Å².